The van der Waals surface area contributed by atoms with E-state index in [4.69, 9.17) is 14.6 Å². The number of rotatable bonds is 5. The molecular weight excluding hydrogens is 360 g/mol. The van der Waals surface area contributed by atoms with Crippen molar-refractivity contribution >= 4 is 5.97 Å². The van der Waals surface area contributed by atoms with Crippen molar-refractivity contribution in [2.45, 2.75) is 30.7 Å². The molecule has 1 aromatic heterocycles. The van der Waals surface area contributed by atoms with Crippen LogP contribution in [-0.4, -0.2) is 78.8 Å². The lowest BCUT2D eigenvalue weighted by atomic mass is 9.99. The zero-order valence-corrected chi connectivity index (χ0v) is 13.9. The van der Waals surface area contributed by atoms with E-state index in [1.165, 1.54) is 6.20 Å². The Morgan fingerprint density at radius 1 is 1.04 bits per heavy atom. The van der Waals surface area contributed by atoms with Gasteiger partial charge in [0, 0.05) is 5.56 Å². The summed E-state index contributed by atoms with van der Waals surface area (Å²) in [6, 6.07) is 6.40. The quantitative estimate of drug-likeness (QED) is 0.437. The van der Waals surface area contributed by atoms with Crippen molar-refractivity contribution in [1.82, 2.24) is 9.97 Å². The molecule has 0 unspecified atom stereocenters. The van der Waals surface area contributed by atoms with Gasteiger partial charge in [0.1, 0.15) is 30.2 Å². The van der Waals surface area contributed by atoms with Gasteiger partial charge in [-0.15, -0.1) is 0 Å². The van der Waals surface area contributed by atoms with Crippen LogP contribution in [0.25, 0.3) is 11.3 Å². The van der Waals surface area contributed by atoms with Crippen LogP contribution in [0.1, 0.15) is 10.5 Å². The molecule has 10 nitrogen and oxygen atoms in total. The maximum Gasteiger partial charge on any atom is 0.356 e. The van der Waals surface area contributed by atoms with Gasteiger partial charge in [-0.3, -0.25) is 4.98 Å². The summed E-state index contributed by atoms with van der Waals surface area (Å²) in [5, 5.41) is 47.5. The van der Waals surface area contributed by atoms with E-state index < -0.39 is 43.3 Å². The van der Waals surface area contributed by atoms with Gasteiger partial charge in [-0.2, -0.15) is 0 Å². The van der Waals surface area contributed by atoms with Crippen LogP contribution in [-0.2, 0) is 4.74 Å². The maximum absolute atomic E-state index is 10.8. The first-order chi connectivity index (χ1) is 12.9. The normalized spacial score (nSPS) is 27.9. The second-order valence-electron chi connectivity index (χ2n) is 5.93. The molecule has 1 fully saturated rings. The highest BCUT2D eigenvalue weighted by Crippen LogP contribution is 2.26. The highest BCUT2D eigenvalue weighted by molar-refractivity contribution is 5.85. The van der Waals surface area contributed by atoms with Crippen molar-refractivity contribution in [1.29, 1.82) is 0 Å². The van der Waals surface area contributed by atoms with Gasteiger partial charge in [0.25, 0.3) is 0 Å². The van der Waals surface area contributed by atoms with Crippen LogP contribution in [0.5, 0.6) is 5.75 Å². The van der Waals surface area contributed by atoms with Crippen molar-refractivity contribution < 1.29 is 39.8 Å². The molecule has 0 spiro atoms. The maximum atomic E-state index is 10.8. The third kappa shape index (κ3) is 4.04. The highest BCUT2D eigenvalue weighted by Gasteiger charge is 2.44. The van der Waals surface area contributed by atoms with Crippen LogP contribution >= 0.6 is 0 Å². The lowest BCUT2D eigenvalue weighted by Crippen LogP contribution is -2.60. The molecule has 144 valence electrons. The Morgan fingerprint density at radius 2 is 1.74 bits per heavy atom. The summed E-state index contributed by atoms with van der Waals surface area (Å²) >= 11 is 0. The summed E-state index contributed by atoms with van der Waals surface area (Å²) in [5.41, 5.74) is 0.946. The molecule has 0 bridgehead atoms. The molecule has 2 heterocycles. The molecule has 27 heavy (non-hydrogen) atoms. The van der Waals surface area contributed by atoms with Gasteiger partial charge in [0.2, 0.25) is 6.29 Å². The predicted molar refractivity (Wildman–Crippen MR) is 88.8 cm³/mol. The van der Waals surface area contributed by atoms with Crippen LogP contribution < -0.4 is 4.74 Å². The van der Waals surface area contributed by atoms with Gasteiger partial charge < -0.3 is 35.0 Å². The number of aromatic nitrogens is 2. The number of aliphatic hydroxyl groups excluding tert-OH is 4. The molecule has 1 aromatic carbocycles. The Balaban J connectivity index is 1.71. The second kappa shape index (κ2) is 7.94. The molecule has 5 N–H and O–H groups in total. The molecule has 0 radical (unpaired) electrons. The lowest BCUT2D eigenvalue weighted by molar-refractivity contribution is -0.277. The van der Waals surface area contributed by atoms with E-state index >= 15 is 0 Å². The summed E-state index contributed by atoms with van der Waals surface area (Å²) in [7, 11) is 0. The van der Waals surface area contributed by atoms with E-state index in [1.54, 1.807) is 24.3 Å². The van der Waals surface area contributed by atoms with E-state index in [2.05, 4.69) is 9.97 Å². The fourth-order valence-electron chi connectivity index (χ4n) is 2.59. The third-order valence-electron chi connectivity index (χ3n) is 4.12. The molecule has 1 aliphatic heterocycles. The highest BCUT2D eigenvalue weighted by atomic mass is 16.7. The smallest absolute Gasteiger partial charge is 0.356 e. The fourth-order valence-corrected chi connectivity index (χ4v) is 2.59. The number of aromatic carboxylic acids is 1. The Hall–Kier alpha value is -2.63. The number of carbonyl (C=O) groups is 1. The average molecular weight is 378 g/mol. The van der Waals surface area contributed by atoms with E-state index in [9.17, 15) is 25.2 Å². The topological polar surface area (TPSA) is 162 Å². The molecule has 1 aliphatic rings. The van der Waals surface area contributed by atoms with Crippen molar-refractivity contribution in [2.24, 2.45) is 0 Å². The number of benzene rings is 1. The van der Waals surface area contributed by atoms with E-state index in [0.29, 0.717) is 17.0 Å². The molecule has 3 rings (SSSR count). The minimum absolute atomic E-state index is 0.165. The van der Waals surface area contributed by atoms with Crippen LogP contribution in [0.4, 0.5) is 0 Å². The Labute approximate surface area is 153 Å². The summed E-state index contributed by atoms with van der Waals surface area (Å²) in [6.45, 7) is -0.547. The van der Waals surface area contributed by atoms with Gasteiger partial charge in [0.05, 0.1) is 24.7 Å². The van der Waals surface area contributed by atoms with Crippen molar-refractivity contribution in [3.05, 3.63) is 42.4 Å². The van der Waals surface area contributed by atoms with Gasteiger partial charge in [0.15, 0.2) is 5.69 Å². The average Bonchev–Trinajstić information content (AvgIpc) is 2.69. The Morgan fingerprint density at radius 3 is 2.30 bits per heavy atom. The first kappa shape index (κ1) is 19.1. The molecule has 0 amide bonds. The summed E-state index contributed by atoms with van der Waals surface area (Å²) < 4.78 is 10.8. The second-order valence-corrected chi connectivity index (χ2v) is 5.93. The first-order valence-corrected chi connectivity index (χ1v) is 8.03. The van der Waals surface area contributed by atoms with Crippen molar-refractivity contribution in [3.8, 4) is 17.0 Å². The number of hydrogen-bond donors (Lipinski definition) is 5. The number of aliphatic hydroxyl groups is 4. The molecule has 1 saturated heterocycles. The third-order valence-corrected chi connectivity index (χ3v) is 4.12. The number of nitrogens with zero attached hydrogens (tertiary/aromatic N) is 2. The predicted octanol–water partition coefficient (Wildman–Crippen LogP) is -0.980. The number of ether oxygens (including phenoxy) is 2. The molecule has 5 atom stereocenters. The van der Waals surface area contributed by atoms with Crippen LogP contribution in [0.15, 0.2) is 36.7 Å². The van der Waals surface area contributed by atoms with Crippen LogP contribution in [0.3, 0.4) is 0 Å². The number of carboxylic acids is 1. The lowest BCUT2D eigenvalue weighted by Gasteiger charge is -2.39. The van der Waals surface area contributed by atoms with E-state index in [1.807, 2.05) is 0 Å². The molecule has 10 heteroatoms. The number of carboxylic acid groups (broad SMARTS) is 1. The molecular formula is C17H18N2O8. The Kier molecular flexibility index (Phi) is 5.63. The molecule has 2 aromatic rings. The minimum Gasteiger partial charge on any atom is -0.476 e. The summed E-state index contributed by atoms with van der Waals surface area (Å²) in [5.74, 6) is -0.865. The van der Waals surface area contributed by atoms with Crippen molar-refractivity contribution in [2.75, 3.05) is 6.61 Å². The zero-order valence-electron chi connectivity index (χ0n) is 13.9. The standard InChI is InChI=1S/C17H18N2O8/c20-7-12-13(21)14(22)15(23)17(27-12)26-9-3-1-8(2-4-9)10-5-19-11(6-18-10)16(24)25/h1-6,12-15,17,20-23H,7H2,(H,24,25)/t12-,13-,14+,15+,17-/m1/s1. The van der Waals surface area contributed by atoms with Crippen molar-refractivity contribution in [3.63, 3.8) is 0 Å². The largest absolute Gasteiger partial charge is 0.476 e. The van der Waals surface area contributed by atoms with Gasteiger partial charge in [-0.05, 0) is 24.3 Å². The first-order valence-electron chi connectivity index (χ1n) is 8.03. The zero-order chi connectivity index (χ0) is 19.6. The van der Waals surface area contributed by atoms with Gasteiger partial charge >= 0.3 is 5.97 Å². The van der Waals surface area contributed by atoms with Crippen LogP contribution in [0, 0.1) is 0 Å². The monoisotopic (exact) mass is 378 g/mol. The molecule has 0 aliphatic carbocycles. The van der Waals surface area contributed by atoms with E-state index in [-0.39, 0.29) is 5.69 Å². The number of hydrogen-bond acceptors (Lipinski definition) is 9. The molecule has 0 saturated carbocycles. The van der Waals surface area contributed by atoms with E-state index in [0.717, 1.165) is 6.20 Å². The van der Waals surface area contributed by atoms with Gasteiger partial charge in [-0.1, -0.05) is 0 Å². The summed E-state index contributed by atoms with van der Waals surface area (Å²) in [6.07, 6.45) is -4.34. The summed E-state index contributed by atoms with van der Waals surface area (Å²) in [4.78, 5) is 18.6. The fraction of sp³-hybridized carbons (Fsp3) is 0.353. The Bertz CT molecular complexity index is 781. The van der Waals surface area contributed by atoms with Crippen LogP contribution in [0.2, 0.25) is 0 Å². The minimum atomic E-state index is -1.52. The van der Waals surface area contributed by atoms with Gasteiger partial charge in [-0.25, -0.2) is 9.78 Å². The SMILES string of the molecule is O=C(O)c1cnc(-c2ccc(O[C@@H]3O[C@H](CO)[C@@H](O)[C@H](O)[C@@H]3O)cc2)cn1.